The van der Waals surface area contributed by atoms with Gasteiger partial charge in [0, 0.05) is 6.04 Å². The molecule has 0 heterocycles. The third kappa shape index (κ3) is 3.93. The van der Waals surface area contributed by atoms with E-state index in [1.807, 2.05) is 12.1 Å². The summed E-state index contributed by atoms with van der Waals surface area (Å²) in [5.74, 6) is 0.802. The molecule has 1 aliphatic carbocycles. The Morgan fingerprint density at radius 1 is 0.750 bits per heavy atom. The second-order valence-electron chi connectivity index (χ2n) is 5.67. The van der Waals surface area contributed by atoms with E-state index in [0.717, 1.165) is 30.6 Å². The van der Waals surface area contributed by atoms with Crippen molar-refractivity contribution in [1.29, 1.82) is 0 Å². The monoisotopic (exact) mass is 325 g/mol. The molecule has 1 saturated carbocycles. The van der Waals surface area contributed by atoms with E-state index in [1.54, 1.807) is 48.5 Å². The van der Waals surface area contributed by atoms with Gasteiger partial charge in [0.05, 0.1) is 0 Å². The fraction of sp³-hybridized carbons (Fsp3) is 0.263. The standard InChI is InChI=1S/C19H19NO4/c21-18(23-16-11-3-1-4-12-16)20(15-9-7-8-10-15)19(22)24-17-13-5-2-6-14-17/h1-6,11-15H,7-10H2. The molecule has 124 valence electrons. The lowest BCUT2D eigenvalue weighted by molar-refractivity contribution is 0.115. The van der Waals surface area contributed by atoms with E-state index in [9.17, 15) is 9.59 Å². The van der Waals surface area contributed by atoms with Gasteiger partial charge in [0.1, 0.15) is 11.5 Å². The highest BCUT2D eigenvalue weighted by atomic mass is 16.6. The minimum atomic E-state index is -0.700. The van der Waals surface area contributed by atoms with E-state index >= 15 is 0 Å². The van der Waals surface area contributed by atoms with Crippen molar-refractivity contribution in [2.24, 2.45) is 0 Å². The molecule has 5 heteroatoms. The molecule has 0 radical (unpaired) electrons. The van der Waals surface area contributed by atoms with Crippen molar-refractivity contribution < 1.29 is 19.1 Å². The molecule has 1 aliphatic rings. The summed E-state index contributed by atoms with van der Waals surface area (Å²) in [5, 5.41) is 0. The summed E-state index contributed by atoms with van der Waals surface area (Å²) in [4.78, 5) is 26.2. The quantitative estimate of drug-likeness (QED) is 0.825. The summed E-state index contributed by atoms with van der Waals surface area (Å²) in [5.41, 5.74) is 0. The number of hydrogen-bond donors (Lipinski definition) is 0. The summed E-state index contributed by atoms with van der Waals surface area (Å²) in [7, 11) is 0. The van der Waals surface area contributed by atoms with E-state index in [2.05, 4.69) is 0 Å². The van der Waals surface area contributed by atoms with Gasteiger partial charge in [-0.3, -0.25) is 0 Å². The molecule has 3 rings (SSSR count). The lowest BCUT2D eigenvalue weighted by Crippen LogP contribution is -2.46. The minimum Gasteiger partial charge on any atom is -0.410 e. The van der Waals surface area contributed by atoms with E-state index in [1.165, 1.54) is 0 Å². The zero-order valence-corrected chi connectivity index (χ0v) is 13.3. The first-order valence-electron chi connectivity index (χ1n) is 8.07. The number of para-hydroxylation sites is 2. The molecule has 0 spiro atoms. The molecule has 0 aliphatic heterocycles. The molecule has 0 unspecified atom stereocenters. The molecule has 2 aromatic carbocycles. The average Bonchev–Trinajstić information content (AvgIpc) is 3.11. The van der Waals surface area contributed by atoms with Crippen molar-refractivity contribution in [3.8, 4) is 11.5 Å². The normalized spacial score (nSPS) is 14.2. The zero-order valence-electron chi connectivity index (χ0n) is 13.3. The van der Waals surface area contributed by atoms with Gasteiger partial charge in [0.15, 0.2) is 0 Å². The number of hydrogen-bond acceptors (Lipinski definition) is 4. The van der Waals surface area contributed by atoms with Crippen LogP contribution in [0, 0.1) is 0 Å². The molecular formula is C19H19NO4. The summed E-state index contributed by atoms with van der Waals surface area (Å²) < 4.78 is 10.7. The van der Waals surface area contributed by atoms with Crippen LogP contribution < -0.4 is 9.47 Å². The summed E-state index contributed by atoms with van der Waals surface area (Å²) >= 11 is 0. The second kappa shape index (κ2) is 7.64. The third-order valence-corrected chi connectivity index (χ3v) is 3.98. The summed E-state index contributed by atoms with van der Waals surface area (Å²) in [6, 6.07) is 17.2. The van der Waals surface area contributed by atoms with Crippen molar-refractivity contribution in [1.82, 2.24) is 4.90 Å². The van der Waals surface area contributed by atoms with Crippen LogP contribution >= 0.6 is 0 Å². The summed E-state index contributed by atoms with van der Waals surface area (Å²) in [6.07, 6.45) is 2.11. The average molecular weight is 325 g/mol. The van der Waals surface area contributed by atoms with Crippen LogP contribution in [0.15, 0.2) is 60.7 Å². The maximum absolute atomic E-state index is 12.5. The molecule has 1 fully saturated rings. The Labute approximate surface area is 140 Å². The van der Waals surface area contributed by atoms with Crippen molar-refractivity contribution in [2.75, 3.05) is 0 Å². The van der Waals surface area contributed by atoms with Crippen LogP contribution in [0.4, 0.5) is 9.59 Å². The number of nitrogens with zero attached hydrogens (tertiary/aromatic N) is 1. The van der Waals surface area contributed by atoms with Gasteiger partial charge in [-0.2, -0.15) is 0 Å². The molecule has 0 saturated heterocycles. The topological polar surface area (TPSA) is 55.8 Å². The molecule has 0 aromatic heterocycles. The number of rotatable bonds is 3. The van der Waals surface area contributed by atoms with E-state index in [-0.39, 0.29) is 6.04 Å². The highest BCUT2D eigenvalue weighted by molar-refractivity contribution is 5.90. The smallest absolute Gasteiger partial charge is 0.410 e. The molecule has 0 atom stereocenters. The zero-order chi connectivity index (χ0) is 16.8. The number of ether oxygens (including phenoxy) is 2. The largest absolute Gasteiger partial charge is 0.425 e. The first kappa shape index (κ1) is 16.1. The van der Waals surface area contributed by atoms with Gasteiger partial charge in [0.2, 0.25) is 0 Å². The maximum atomic E-state index is 12.5. The van der Waals surface area contributed by atoms with Gasteiger partial charge >= 0.3 is 12.2 Å². The van der Waals surface area contributed by atoms with Gasteiger partial charge in [0.25, 0.3) is 0 Å². The van der Waals surface area contributed by atoms with E-state index in [0.29, 0.717) is 11.5 Å². The fourth-order valence-electron chi connectivity index (χ4n) is 2.81. The number of amides is 2. The molecule has 2 aromatic rings. The Bertz CT molecular complexity index is 628. The minimum absolute atomic E-state index is 0.183. The lowest BCUT2D eigenvalue weighted by Gasteiger charge is -2.25. The van der Waals surface area contributed by atoms with Crippen LogP contribution in [-0.4, -0.2) is 23.1 Å². The van der Waals surface area contributed by atoms with Crippen molar-refractivity contribution >= 4 is 12.2 Å². The first-order valence-corrected chi connectivity index (χ1v) is 8.07. The van der Waals surface area contributed by atoms with Crippen molar-refractivity contribution in [3.05, 3.63) is 60.7 Å². The maximum Gasteiger partial charge on any atom is 0.425 e. The van der Waals surface area contributed by atoms with E-state index in [4.69, 9.17) is 9.47 Å². The number of carbonyl (C=O) groups excluding carboxylic acids is 2. The number of imide groups is 1. The molecule has 2 amide bonds. The van der Waals surface area contributed by atoms with Crippen LogP contribution in [0.25, 0.3) is 0 Å². The lowest BCUT2D eigenvalue weighted by atomic mass is 10.2. The van der Waals surface area contributed by atoms with Crippen molar-refractivity contribution in [3.63, 3.8) is 0 Å². The van der Waals surface area contributed by atoms with E-state index < -0.39 is 12.2 Å². The Hall–Kier alpha value is -2.82. The van der Waals surface area contributed by atoms with Gasteiger partial charge in [-0.05, 0) is 37.1 Å². The molecule has 0 bridgehead atoms. The Balaban J connectivity index is 1.75. The predicted octanol–water partition coefficient (Wildman–Crippen LogP) is 4.63. The Morgan fingerprint density at radius 3 is 1.58 bits per heavy atom. The molecule has 0 N–H and O–H groups in total. The fourth-order valence-corrected chi connectivity index (χ4v) is 2.81. The highest BCUT2D eigenvalue weighted by Crippen LogP contribution is 2.26. The van der Waals surface area contributed by atoms with Gasteiger partial charge < -0.3 is 9.47 Å². The van der Waals surface area contributed by atoms with Gasteiger partial charge in [-0.1, -0.05) is 49.2 Å². The molecular weight excluding hydrogens is 306 g/mol. The first-order chi connectivity index (χ1) is 11.7. The van der Waals surface area contributed by atoms with Gasteiger partial charge in [-0.15, -0.1) is 0 Å². The van der Waals surface area contributed by atoms with Crippen LogP contribution in [-0.2, 0) is 0 Å². The highest BCUT2D eigenvalue weighted by Gasteiger charge is 2.35. The molecule has 5 nitrogen and oxygen atoms in total. The Kier molecular flexibility index (Phi) is 5.11. The van der Waals surface area contributed by atoms with Crippen LogP contribution in [0.3, 0.4) is 0 Å². The van der Waals surface area contributed by atoms with Gasteiger partial charge in [-0.25, -0.2) is 14.5 Å². The van der Waals surface area contributed by atoms with Crippen LogP contribution in [0.1, 0.15) is 25.7 Å². The number of benzene rings is 2. The third-order valence-electron chi connectivity index (χ3n) is 3.98. The van der Waals surface area contributed by atoms with Crippen LogP contribution in [0.5, 0.6) is 11.5 Å². The van der Waals surface area contributed by atoms with Crippen molar-refractivity contribution in [2.45, 2.75) is 31.7 Å². The predicted molar refractivity (Wildman–Crippen MR) is 89.0 cm³/mol. The second-order valence-corrected chi connectivity index (χ2v) is 5.67. The SMILES string of the molecule is O=C(Oc1ccccc1)N(C(=O)Oc1ccccc1)C1CCCC1. The number of carbonyl (C=O) groups is 2. The Morgan fingerprint density at radius 2 is 1.17 bits per heavy atom. The van der Waals surface area contributed by atoms with Crippen LogP contribution in [0.2, 0.25) is 0 Å². The summed E-state index contributed by atoms with van der Waals surface area (Å²) in [6.45, 7) is 0. The molecule has 24 heavy (non-hydrogen) atoms.